The summed E-state index contributed by atoms with van der Waals surface area (Å²) in [5, 5.41) is 13.7. The van der Waals surface area contributed by atoms with Crippen LogP contribution < -0.4 is 5.32 Å². The highest BCUT2D eigenvalue weighted by Crippen LogP contribution is 2.59. The maximum Gasteiger partial charge on any atom is 0.316 e. The molecule has 4 rings (SSSR count). The van der Waals surface area contributed by atoms with E-state index in [1.54, 1.807) is 10.8 Å². The molecule has 1 amide bonds. The van der Waals surface area contributed by atoms with Crippen molar-refractivity contribution in [3.8, 4) is 0 Å². The van der Waals surface area contributed by atoms with Crippen LogP contribution in [0.15, 0.2) is 60.2 Å². The standard InChI is InChI=1S/C25H32N4O2/c1-4-6-21-18(2)13-22(28(21)3)24(31)27-17-20-15-25(20)8-11-29(12-9-25)23(30)14-19-7-5-10-26-16-19/h5-7,10,13,16,20,23,30H,2-4,8-9,11-12,14-15,17H2,1H3/p+1. The number of nitrogens with one attached hydrogen (secondary N) is 1. The van der Waals surface area contributed by atoms with Gasteiger partial charge in [0.25, 0.3) is 5.70 Å². The van der Waals surface area contributed by atoms with Gasteiger partial charge in [-0.1, -0.05) is 19.6 Å². The summed E-state index contributed by atoms with van der Waals surface area (Å²) < 4.78 is 1.69. The van der Waals surface area contributed by atoms with E-state index in [0.717, 1.165) is 55.6 Å². The zero-order valence-corrected chi connectivity index (χ0v) is 18.4. The Labute approximate surface area is 184 Å². The molecule has 31 heavy (non-hydrogen) atoms. The van der Waals surface area contributed by atoms with Crippen molar-refractivity contribution in [3.63, 3.8) is 0 Å². The molecule has 1 saturated carbocycles. The summed E-state index contributed by atoms with van der Waals surface area (Å²) in [5.41, 5.74) is 3.69. The SMILES string of the molecule is C=C1C=C(C(=O)NCC2CC23CCN(C(O)Cc2cccnc2)CC3)[N+](=C)C1=CCC. The van der Waals surface area contributed by atoms with E-state index in [0.29, 0.717) is 30.0 Å². The van der Waals surface area contributed by atoms with Crippen molar-refractivity contribution in [2.75, 3.05) is 19.6 Å². The second kappa shape index (κ2) is 8.89. The quantitative estimate of drug-likeness (QED) is 0.664. The van der Waals surface area contributed by atoms with Crippen LogP contribution in [0.25, 0.3) is 0 Å². The number of piperidine rings is 1. The third kappa shape index (κ3) is 4.55. The van der Waals surface area contributed by atoms with Gasteiger partial charge in [0, 0.05) is 50.1 Å². The fourth-order valence-corrected chi connectivity index (χ4v) is 5.01. The number of allylic oxidation sites excluding steroid dienone is 2. The first-order chi connectivity index (χ1) is 14.9. The van der Waals surface area contributed by atoms with Crippen molar-refractivity contribution in [2.45, 2.75) is 45.3 Å². The second-order valence-corrected chi connectivity index (χ2v) is 9.04. The molecule has 1 aromatic rings. The molecule has 1 saturated heterocycles. The number of hydrogen-bond acceptors (Lipinski definition) is 4. The van der Waals surface area contributed by atoms with Gasteiger partial charge in [-0.3, -0.25) is 14.7 Å². The molecule has 2 aliphatic heterocycles. The number of amides is 1. The van der Waals surface area contributed by atoms with Gasteiger partial charge in [-0.05, 0) is 54.7 Å². The van der Waals surface area contributed by atoms with Gasteiger partial charge >= 0.3 is 5.91 Å². The van der Waals surface area contributed by atoms with E-state index in [-0.39, 0.29) is 5.91 Å². The van der Waals surface area contributed by atoms with Crippen LogP contribution in [0.1, 0.15) is 38.2 Å². The molecule has 6 nitrogen and oxygen atoms in total. The topological polar surface area (TPSA) is 68.5 Å². The van der Waals surface area contributed by atoms with E-state index in [1.165, 1.54) is 0 Å². The number of hydrogen-bond donors (Lipinski definition) is 2. The summed E-state index contributed by atoms with van der Waals surface area (Å²) in [7, 11) is 0. The van der Waals surface area contributed by atoms with E-state index in [9.17, 15) is 9.90 Å². The van der Waals surface area contributed by atoms with Gasteiger partial charge in [-0.15, -0.1) is 0 Å². The molecule has 2 fully saturated rings. The Hall–Kier alpha value is -2.57. The van der Waals surface area contributed by atoms with Crippen LogP contribution in [0.5, 0.6) is 0 Å². The van der Waals surface area contributed by atoms with Crippen molar-refractivity contribution in [3.05, 3.63) is 65.8 Å². The Balaban J connectivity index is 1.23. The molecular weight excluding hydrogens is 388 g/mol. The molecule has 6 heteroatoms. The summed E-state index contributed by atoms with van der Waals surface area (Å²) in [6.45, 7) is 12.6. The molecule has 1 aromatic heterocycles. The van der Waals surface area contributed by atoms with Crippen molar-refractivity contribution < 1.29 is 14.5 Å². The maximum absolute atomic E-state index is 12.7. The minimum absolute atomic E-state index is 0.0815. The number of rotatable bonds is 7. The van der Waals surface area contributed by atoms with E-state index in [4.69, 9.17) is 0 Å². The van der Waals surface area contributed by atoms with Gasteiger partial charge in [0.05, 0.1) is 0 Å². The zero-order chi connectivity index (χ0) is 22.0. The molecule has 3 heterocycles. The van der Waals surface area contributed by atoms with Crippen LogP contribution in [0.3, 0.4) is 0 Å². The Morgan fingerprint density at radius 3 is 2.94 bits per heavy atom. The highest BCUT2D eigenvalue weighted by atomic mass is 16.3. The lowest BCUT2D eigenvalue weighted by molar-refractivity contribution is -0.396. The van der Waals surface area contributed by atoms with E-state index < -0.39 is 6.23 Å². The van der Waals surface area contributed by atoms with E-state index in [2.05, 4.69) is 35.4 Å². The minimum atomic E-state index is -0.464. The highest BCUT2D eigenvalue weighted by Gasteiger charge is 2.55. The number of carbonyl (C=O) groups excluding carboxylic acids is 1. The summed E-state index contributed by atoms with van der Waals surface area (Å²) in [5.74, 6) is 0.435. The minimum Gasteiger partial charge on any atom is -0.378 e. The van der Waals surface area contributed by atoms with Gasteiger partial charge < -0.3 is 10.4 Å². The van der Waals surface area contributed by atoms with Crippen molar-refractivity contribution in [2.24, 2.45) is 11.3 Å². The molecule has 0 radical (unpaired) electrons. The molecular formula is C25H33N4O2+. The molecule has 1 spiro atoms. The Morgan fingerprint density at radius 1 is 1.48 bits per heavy atom. The first-order valence-electron chi connectivity index (χ1n) is 11.2. The fraction of sp³-hybridized carbons (Fsp3) is 0.480. The number of aliphatic hydroxyl groups is 1. The third-order valence-corrected chi connectivity index (χ3v) is 7.08. The predicted molar refractivity (Wildman–Crippen MR) is 121 cm³/mol. The van der Waals surface area contributed by atoms with Gasteiger partial charge in [-0.25, -0.2) is 0 Å². The smallest absolute Gasteiger partial charge is 0.316 e. The van der Waals surface area contributed by atoms with Crippen LogP contribution in [0.4, 0.5) is 0 Å². The Morgan fingerprint density at radius 2 is 2.26 bits per heavy atom. The normalized spacial score (nSPS) is 25.0. The lowest BCUT2D eigenvalue weighted by Gasteiger charge is -2.36. The van der Waals surface area contributed by atoms with Crippen LogP contribution >= 0.6 is 0 Å². The third-order valence-electron chi connectivity index (χ3n) is 7.08. The van der Waals surface area contributed by atoms with Crippen LogP contribution in [-0.4, -0.2) is 58.1 Å². The summed E-state index contributed by atoms with van der Waals surface area (Å²) in [6, 6.07) is 3.91. The highest BCUT2D eigenvalue weighted by molar-refractivity contribution is 5.93. The number of aromatic nitrogens is 1. The monoisotopic (exact) mass is 421 g/mol. The number of carbonyl (C=O) groups is 1. The molecule has 2 atom stereocenters. The lowest BCUT2D eigenvalue weighted by Crippen LogP contribution is -2.43. The van der Waals surface area contributed by atoms with Crippen molar-refractivity contribution in [1.82, 2.24) is 15.2 Å². The molecule has 2 N–H and O–H groups in total. The van der Waals surface area contributed by atoms with Crippen LogP contribution in [-0.2, 0) is 11.2 Å². The van der Waals surface area contributed by atoms with E-state index >= 15 is 0 Å². The van der Waals surface area contributed by atoms with Crippen molar-refractivity contribution >= 4 is 12.6 Å². The van der Waals surface area contributed by atoms with Gasteiger partial charge in [0.1, 0.15) is 12.9 Å². The molecule has 0 bridgehead atoms. The first kappa shape index (κ1) is 21.7. The van der Waals surface area contributed by atoms with Crippen LogP contribution in [0.2, 0.25) is 0 Å². The summed E-state index contributed by atoms with van der Waals surface area (Å²) >= 11 is 0. The Bertz CT molecular complexity index is 926. The molecule has 3 aliphatic rings. The van der Waals surface area contributed by atoms with Gasteiger partial charge in [0.15, 0.2) is 0 Å². The molecule has 1 aliphatic carbocycles. The number of pyridine rings is 1. The molecule has 2 unspecified atom stereocenters. The average Bonchev–Trinajstić information content (AvgIpc) is 3.37. The average molecular weight is 422 g/mol. The number of nitrogens with zero attached hydrogens (tertiary/aromatic N) is 3. The first-order valence-corrected chi connectivity index (χ1v) is 11.2. The van der Waals surface area contributed by atoms with E-state index in [1.807, 2.05) is 30.5 Å². The zero-order valence-electron chi connectivity index (χ0n) is 18.4. The molecule has 164 valence electrons. The number of likely N-dealkylation sites (tertiary alicyclic amines) is 1. The fourth-order valence-electron chi connectivity index (χ4n) is 5.01. The maximum atomic E-state index is 12.7. The Kier molecular flexibility index (Phi) is 6.21. The van der Waals surface area contributed by atoms with Gasteiger partial charge in [-0.2, -0.15) is 4.58 Å². The van der Waals surface area contributed by atoms with Crippen LogP contribution in [0, 0.1) is 11.3 Å². The summed E-state index contributed by atoms with van der Waals surface area (Å²) in [4.78, 5) is 19.0. The largest absolute Gasteiger partial charge is 0.378 e. The number of aliphatic hydroxyl groups excluding tert-OH is 1. The summed E-state index contributed by atoms with van der Waals surface area (Å²) in [6.07, 6.45) is 11.7. The van der Waals surface area contributed by atoms with Gasteiger partial charge in [0.2, 0.25) is 5.70 Å². The van der Waals surface area contributed by atoms with Crippen molar-refractivity contribution in [1.29, 1.82) is 0 Å². The lowest BCUT2D eigenvalue weighted by atomic mass is 9.90. The predicted octanol–water partition coefficient (Wildman–Crippen LogP) is 2.62. The second-order valence-electron chi connectivity index (χ2n) is 9.04. The molecule has 0 aromatic carbocycles.